The van der Waals surface area contributed by atoms with E-state index in [2.05, 4.69) is 15.1 Å². The molecule has 1 aliphatic rings. The van der Waals surface area contributed by atoms with Crippen LogP contribution in [0.1, 0.15) is 50.7 Å². The molecule has 0 bridgehead atoms. The molecule has 1 aliphatic heterocycles. The van der Waals surface area contributed by atoms with Crippen LogP contribution in [-0.2, 0) is 21.3 Å². The fraction of sp³-hybridized carbons (Fsp3) is 0.500. The molecule has 0 saturated carbocycles. The van der Waals surface area contributed by atoms with E-state index in [1.165, 1.54) is 23.9 Å². The van der Waals surface area contributed by atoms with Gasteiger partial charge >= 0.3 is 29.6 Å². The first-order valence-electron chi connectivity index (χ1n) is 9.87. The number of anilines is 1. The zero-order valence-electron chi connectivity index (χ0n) is 19.0. The molecule has 2 heterocycles. The van der Waals surface area contributed by atoms with Crippen molar-refractivity contribution >= 4 is 21.7 Å². The van der Waals surface area contributed by atoms with Crippen molar-refractivity contribution in [3.63, 3.8) is 0 Å². The van der Waals surface area contributed by atoms with E-state index in [1.807, 2.05) is 27.7 Å². The molecule has 0 spiro atoms. The molecule has 2 amide bonds. The van der Waals surface area contributed by atoms with Crippen LogP contribution in [0.15, 0.2) is 23.2 Å². The van der Waals surface area contributed by atoms with Crippen molar-refractivity contribution in [2.24, 2.45) is 0 Å². The van der Waals surface area contributed by atoms with E-state index in [0.717, 1.165) is 6.20 Å². The van der Waals surface area contributed by atoms with Crippen LogP contribution < -0.4 is 39.6 Å². The molecule has 170 valence electrons. The van der Waals surface area contributed by atoms with Crippen LogP contribution in [0, 0.1) is 5.82 Å². The van der Waals surface area contributed by atoms with E-state index in [4.69, 9.17) is 9.47 Å². The number of halogens is 1. The topological polar surface area (TPSA) is 114 Å². The standard InChI is InChI=1S/C20H27FN4O5S.Na/c1-11(2)15-6-13(21)7-16(12(3)4)18(15)23-20(26)24-31(27,28)17-8-22-25-9-14(29-5)10-30-19(17)25;/h6-8,11-12,14H,9-10H2,1-5H3,(H2,23,24,26);/q;+1/p-1/t14-;/m1./s1. The Balaban J connectivity index is 0.00000363. The van der Waals surface area contributed by atoms with Crippen LogP contribution in [0.3, 0.4) is 0 Å². The van der Waals surface area contributed by atoms with Gasteiger partial charge in [0.15, 0.2) is 10.9 Å². The van der Waals surface area contributed by atoms with Crippen molar-refractivity contribution in [3.05, 3.63) is 40.0 Å². The first-order valence-corrected chi connectivity index (χ1v) is 11.3. The normalized spacial score (nSPS) is 15.7. The Morgan fingerprint density at radius 3 is 2.41 bits per heavy atom. The van der Waals surface area contributed by atoms with Gasteiger partial charge in [-0.25, -0.2) is 17.5 Å². The third-order valence-electron chi connectivity index (χ3n) is 5.00. The van der Waals surface area contributed by atoms with Gasteiger partial charge in [0.05, 0.1) is 12.7 Å². The summed E-state index contributed by atoms with van der Waals surface area (Å²) in [5.41, 5.74) is 1.48. The minimum Gasteiger partial charge on any atom is -0.474 e. The number of sulfonamides is 1. The molecule has 1 aromatic carbocycles. The summed E-state index contributed by atoms with van der Waals surface area (Å²) in [6, 6.07) is 1.57. The fourth-order valence-electron chi connectivity index (χ4n) is 3.36. The summed E-state index contributed by atoms with van der Waals surface area (Å²) in [4.78, 5) is 12.3. The second-order valence-corrected chi connectivity index (χ2v) is 9.50. The molecule has 3 rings (SSSR count). The Morgan fingerprint density at radius 2 is 1.88 bits per heavy atom. The number of aromatic nitrogens is 2. The summed E-state index contributed by atoms with van der Waals surface area (Å²) in [6.07, 6.45) is 0.835. The maximum absolute atomic E-state index is 14.1. The first kappa shape index (κ1) is 26.6. The molecule has 1 atom stereocenters. The number of fused-ring (bicyclic) bond motifs is 1. The van der Waals surface area contributed by atoms with Crippen molar-refractivity contribution in [1.82, 2.24) is 9.78 Å². The number of methoxy groups -OCH3 is 1. The molecule has 32 heavy (non-hydrogen) atoms. The van der Waals surface area contributed by atoms with E-state index in [9.17, 15) is 17.6 Å². The van der Waals surface area contributed by atoms with Gasteiger partial charge in [0.1, 0.15) is 18.5 Å². The molecule has 0 saturated heterocycles. The quantitative estimate of drug-likeness (QED) is 0.622. The smallest absolute Gasteiger partial charge is 0.474 e. The van der Waals surface area contributed by atoms with Crippen LogP contribution in [0.5, 0.6) is 5.88 Å². The van der Waals surface area contributed by atoms with Crippen LogP contribution in [0.4, 0.5) is 14.9 Å². The van der Waals surface area contributed by atoms with Gasteiger partial charge in [0.2, 0.25) is 15.9 Å². The molecule has 12 heteroatoms. The SMILES string of the molecule is CO[C@H]1COc2c(S(=O)(=O)[N-]C(=O)Nc3c(C(C)C)cc(F)cc3C(C)C)cnn2C1.[Na+]. The first-order chi connectivity index (χ1) is 14.5. The van der Waals surface area contributed by atoms with E-state index in [1.54, 1.807) is 0 Å². The Morgan fingerprint density at radius 1 is 1.28 bits per heavy atom. The number of nitrogens with one attached hydrogen (secondary N) is 1. The maximum atomic E-state index is 14.1. The van der Waals surface area contributed by atoms with Crippen molar-refractivity contribution in [2.75, 3.05) is 19.0 Å². The predicted octanol–water partition coefficient (Wildman–Crippen LogP) is 0.975. The monoisotopic (exact) mass is 476 g/mol. The number of carbonyl (C=O) groups is 1. The number of urea groups is 1. The zero-order valence-corrected chi connectivity index (χ0v) is 21.9. The van der Waals surface area contributed by atoms with Gasteiger partial charge in [0.25, 0.3) is 0 Å². The van der Waals surface area contributed by atoms with Gasteiger partial charge in [0, 0.05) is 7.11 Å². The maximum Gasteiger partial charge on any atom is 1.00 e. The molecular weight excluding hydrogens is 450 g/mol. The van der Waals surface area contributed by atoms with Crippen LogP contribution in [0.25, 0.3) is 4.72 Å². The van der Waals surface area contributed by atoms with E-state index < -0.39 is 21.9 Å². The predicted molar refractivity (Wildman–Crippen MR) is 113 cm³/mol. The van der Waals surface area contributed by atoms with Gasteiger partial charge in [-0.2, -0.15) is 5.10 Å². The van der Waals surface area contributed by atoms with Gasteiger partial charge in [-0.15, -0.1) is 0 Å². The van der Waals surface area contributed by atoms with Gasteiger partial charge in [-0.3, -0.25) is 4.79 Å². The fourth-order valence-corrected chi connectivity index (χ4v) is 4.29. The average Bonchev–Trinajstić information content (AvgIpc) is 3.12. The third-order valence-corrected chi connectivity index (χ3v) is 6.24. The molecule has 1 N–H and O–H groups in total. The van der Waals surface area contributed by atoms with Crippen molar-refractivity contribution in [2.45, 2.75) is 57.1 Å². The van der Waals surface area contributed by atoms with Crippen molar-refractivity contribution < 1.29 is 56.6 Å². The van der Waals surface area contributed by atoms with E-state index >= 15 is 0 Å². The van der Waals surface area contributed by atoms with Crippen LogP contribution in [0.2, 0.25) is 0 Å². The van der Waals surface area contributed by atoms with Gasteiger partial charge < -0.3 is 19.5 Å². The summed E-state index contributed by atoms with van der Waals surface area (Å²) in [6.45, 7) is 7.89. The largest absolute Gasteiger partial charge is 1.00 e. The number of amides is 2. The summed E-state index contributed by atoms with van der Waals surface area (Å²) in [7, 11) is -2.87. The van der Waals surface area contributed by atoms with E-state index in [-0.39, 0.29) is 64.9 Å². The Labute approximate surface area is 209 Å². The van der Waals surface area contributed by atoms with Crippen LogP contribution >= 0.6 is 0 Å². The average molecular weight is 477 g/mol. The molecular formula is C20H26FN4NaO5S. The molecule has 0 radical (unpaired) electrons. The van der Waals surface area contributed by atoms with Gasteiger partial charge in [-0.1, -0.05) is 27.7 Å². The molecule has 0 unspecified atom stereocenters. The zero-order chi connectivity index (χ0) is 22.9. The van der Waals surface area contributed by atoms with Gasteiger partial charge in [-0.05, 0) is 40.8 Å². The number of benzene rings is 1. The number of hydrogen-bond donors (Lipinski definition) is 1. The third kappa shape index (κ3) is 5.63. The molecule has 0 fully saturated rings. The molecule has 0 aliphatic carbocycles. The van der Waals surface area contributed by atoms with Crippen molar-refractivity contribution in [3.8, 4) is 5.88 Å². The second kappa shape index (κ2) is 10.5. The minimum absolute atomic E-state index is 0. The summed E-state index contributed by atoms with van der Waals surface area (Å²) in [5, 5.41) is 6.54. The number of nitrogens with zero attached hydrogens (tertiary/aromatic N) is 3. The number of hydrogen-bond acceptors (Lipinski definition) is 6. The number of rotatable bonds is 6. The number of ether oxygens (including phenoxy) is 2. The Bertz CT molecular complexity index is 1060. The Kier molecular flexibility index (Phi) is 8.74. The summed E-state index contributed by atoms with van der Waals surface area (Å²) < 4.78 is 55.0. The minimum atomic E-state index is -4.39. The molecule has 1 aromatic heterocycles. The summed E-state index contributed by atoms with van der Waals surface area (Å²) >= 11 is 0. The molecule has 2 aromatic rings. The molecule has 9 nitrogen and oxygen atoms in total. The second-order valence-electron chi connectivity index (χ2n) is 7.93. The van der Waals surface area contributed by atoms with E-state index in [0.29, 0.717) is 23.4 Å². The number of carbonyl (C=O) groups excluding carboxylic acids is 1. The Hall–Kier alpha value is -1.66. The van der Waals surface area contributed by atoms with Crippen LogP contribution in [-0.4, -0.2) is 44.1 Å². The van der Waals surface area contributed by atoms with Crippen molar-refractivity contribution in [1.29, 1.82) is 0 Å². The summed E-state index contributed by atoms with van der Waals surface area (Å²) in [5.74, 6) is -0.625.